The number of anilines is 1. The maximum atomic E-state index is 13.0. The number of nitro groups is 1. The lowest BCUT2D eigenvalue weighted by molar-refractivity contribution is -0.384. The van der Waals surface area contributed by atoms with Gasteiger partial charge in [0.1, 0.15) is 5.82 Å². The molecule has 0 aliphatic carbocycles. The zero-order valence-corrected chi connectivity index (χ0v) is 14.8. The number of rotatable bonds is 6. The van der Waals surface area contributed by atoms with Crippen molar-refractivity contribution in [3.05, 3.63) is 105 Å². The monoisotopic (exact) mass is 392 g/mol. The maximum absolute atomic E-state index is 13.0. The molecule has 0 atom stereocenters. The number of hydrogen-bond acceptors (Lipinski definition) is 5. The van der Waals surface area contributed by atoms with E-state index in [9.17, 15) is 28.9 Å². The molecule has 0 aliphatic heterocycles. The summed E-state index contributed by atoms with van der Waals surface area (Å²) < 4.78 is 13.0. The van der Waals surface area contributed by atoms with Gasteiger partial charge in [-0.3, -0.25) is 24.5 Å². The van der Waals surface area contributed by atoms with Gasteiger partial charge < -0.3 is 5.32 Å². The lowest BCUT2D eigenvalue weighted by Gasteiger charge is -2.10. The molecule has 0 fully saturated rings. The first kappa shape index (κ1) is 19.6. The number of ketones is 2. The molecule has 0 aromatic heterocycles. The molecule has 1 N–H and O–H groups in total. The van der Waals surface area contributed by atoms with Gasteiger partial charge in [-0.05, 0) is 48.5 Å². The van der Waals surface area contributed by atoms with Gasteiger partial charge in [-0.2, -0.15) is 0 Å². The third kappa shape index (κ3) is 4.38. The molecule has 7 nitrogen and oxygen atoms in total. The highest BCUT2D eigenvalue weighted by atomic mass is 19.1. The Morgan fingerprint density at radius 2 is 1.38 bits per heavy atom. The Morgan fingerprint density at radius 3 is 2.00 bits per heavy atom. The normalized spacial score (nSPS) is 10.2. The molecule has 1 amide bonds. The molecule has 3 aromatic rings. The van der Waals surface area contributed by atoms with Crippen molar-refractivity contribution in [2.45, 2.75) is 0 Å². The summed E-state index contributed by atoms with van der Waals surface area (Å²) in [6, 6.07) is 15.4. The Kier molecular flexibility index (Phi) is 5.54. The maximum Gasteiger partial charge on any atom is 0.269 e. The second-order valence-corrected chi connectivity index (χ2v) is 5.97. The number of nitrogens with one attached hydrogen (secondary N) is 1. The van der Waals surface area contributed by atoms with E-state index in [1.165, 1.54) is 54.6 Å². The number of hydrogen-bond donors (Lipinski definition) is 1. The summed E-state index contributed by atoms with van der Waals surface area (Å²) in [6.45, 7) is 0. The van der Waals surface area contributed by atoms with Crippen LogP contribution in [-0.2, 0) is 0 Å². The zero-order chi connectivity index (χ0) is 21.0. The number of carbonyl (C=O) groups is 3. The van der Waals surface area contributed by atoms with Crippen molar-refractivity contribution in [3.63, 3.8) is 0 Å². The molecule has 0 heterocycles. The number of para-hydroxylation sites is 1. The van der Waals surface area contributed by atoms with Crippen LogP contribution in [0.15, 0.2) is 72.8 Å². The molecule has 0 aliphatic rings. The first-order valence-electron chi connectivity index (χ1n) is 8.36. The highest BCUT2D eigenvalue weighted by Gasteiger charge is 2.22. The largest absolute Gasteiger partial charge is 0.321 e. The molecule has 0 spiro atoms. The predicted octanol–water partition coefficient (Wildman–Crippen LogP) is 4.05. The van der Waals surface area contributed by atoms with Gasteiger partial charge >= 0.3 is 0 Å². The quantitative estimate of drug-likeness (QED) is 0.295. The van der Waals surface area contributed by atoms with Crippen LogP contribution in [-0.4, -0.2) is 22.4 Å². The molecular formula is C21H13FN2O5. The van der Waals surface area contributed by atoms with Gasteiger partial charge in [-0.25, -0.2) is 4.39 Å². The summed E-state index contributed by atoms with van der Waals surface area (Å²) in [4.78, 5) is 47.6. The van der Waals surface area contributed by atoms with Crippen LogP contribution >= 0.6 is 0 Å². The van der Waals surface area contributed by atoms with Crippen LogP contribution in [0.25, 0.3) is 0 Å². The SMILES string of the molecule is O=C(Nc1ccccc1C(=O)C(=O)c1ccc(F)cc1)c1ccc([N+](=O)[O-])cc1. The molecule has 3 rings (SSSR count). The van der Waals surface area contributed by atoms with E-state index >= 15 is 0 Å². The molecule has 8 heteroatoms. The number of benzene rings is 3. The van der Waals surface area contributed by atoms with Gasteiger partial charge in [0.25, 0.3) is 11.6 Å². The van der Waals surface area contributed by atoms with E-state index in [0.717, 1.165) is 12.1 Å². The fourth-order valence-corrected chi connectivity index (χ4v) is 2.57. The average Bonchev–Trinajstić information content (AvgIpc) is 2.73. The molecule has 0 saturated carbocycles. The summed E-state index contributed by atoms with van der Waals surface area (Å²) in [5.74, 6) is -2.85. The minimum atomic E-state index is -0.865. The van der Waals surface area contributed by atoms with Crippen molar-refractivity contribution in [1.29, 1.82) is 0 Å². The summed E-state index contributed by atoms with van der Waals surface area (Å²) >= 11 is 0. The van der Waals surface area contributed by atoms with Gasteiger partial charge in [0.15, 0.2) is 0 Å². The minimum absolute atomic E-state index is 0.0212. The smallest absolute Gasteiger partial charge is 0.269 e. The lowest BCUT2D eigenvalue weighted by atomic mass is 10.00. The Morgan fingerprint density at radius 1 is 0.793 bits per heavy atom. The number of carbonyl (C=O) groups excluding carboxylic acids is 3. The van der Waals surface area contributed by atoms with Crippen molar-refractivity contribution in [2.75, 3.05) is 5.32 Å². The highest BCUT2D eigenvalue weighted by Crippen LogP contribution is 2.20. The van der Waals surface area contributed by atoms with Crippen LogP contribution in [0.4, 0.5) is 15.8 Å². The van der Waals surface area contributed by atoms with Crippen LogP contribution in [0.2, 0.25) is 0 Å². The molecule has 144 valence electrons. The van der Waals surface area contributed by atoms with Gasteiger partial charge in [0.2, 0.25) is 11.6 Å². The number of amides is 1. The van der Waals surface area contributed by atoms with Gasteiger partial charge in [0.05, 0.1) is 10.6 Å². The van der Waals surface area contributed by atoms with E-state index in [4.69, 9.17) is 0 Å². The molecule has 0 unspecified atom stereocenters. The highest BCUT2D eigenvalue weighted by molar-refractivity contribution is 6.50. The van der Waals surface area contributed by atoms with Crippen LogP contribution in [0, 0.1) is 15.9 Å². The number of nitro benzene ring substituents is 1. The van der Waals surface area contributed by atoms with E-state index < -0.39 is 28.2 Å². The van der Waals surface area contributed by atoms with Crippen molar-refractivity contribution < 1.29 is 23.7 Å². The van der Waals surface area contributed by atoms with Crippen molar-refractivity contribution in [2.24, 2.45) is 0 Å². The third-order valence-electron chi connectivity index (χ3n) is 4.07. The van der Waals surface area contributed by atoms with Crippen molar-refractivity contribution >= 4 is 28.8 Å². The summed E-state index contributed by atoms with van der Waals surface area (Å²) in [7, 11) is 0. The second kappa shape index (κ2) is 8.22. The predicted molar refractivity (Wildman–Crippen MR) is 103 cm³/mol. The van der Waals surface area contributed by atoms with Gasteiger partial charge in [-0.1, -0.05) is 12.1 Å². The average molecular weight is 392 g/mol. The second-order valence-electron chi connectivity index (χ2n) is 5.97. The standard InChI is InChI=1S/C21H13FN2O5/c22-15-9-5-13(6-10-15)19(25)20(26)17-3-1-2-4-18(17)23-21(27)14-7-11-16(12-8-14)24(28)29/h1-12H,(H,23,27). The molecule has 3 aromatic carbocycles. The first-order valence-corrected chi connectivity index (χ1v) is 8.36. The summed E-state index contributed by atoms with van der Waals surface area (Å²) in [5, 5.41) is 13.2. The Balaban J connectivity index is 1.83. The van der Waals surface area contributed by atoms with Crippen molar-refractivity contribution in [1.82, 2.24) is 0 Å². The Bertz CT molecular complexity index is 1110. The molecule has 0 radical (unpaired) electrons. The molecule has 0 saturated heterocycles. The summed E-state index contributed by atoms with van der Waals surface area (Å²) in [5.41, 5.74) is 0.0750. The lowest BCUT2D eigenvalue weighted by Crippen LogP contribution is -2.19. The van der Waals surface area contributed by atoms with E-state index in [1.807, 2.05) is 0 Å². The number of halogens is 1. The van der Waals surface area contributed by atoms with Gasteiger partial charge in [-0.15, -0.1) is 0 Å². The Hall–Kier alpha value is -4.20. The fourth-order valence-electron chi connectivity index (χ4n) is 2.57. The van der Waals surface area contributed by atoms with Crippen LogP contribution < -0.4 is 5.32 Å². The minimum Gasteiger partial charge on any atom is -0.321 e. The fraction of sp³-hybridized carbons (Fsp3) is 0. The molecular weight excluding hydrogens is 379 g/mol. The van der Waals surface area contributed by atoms with E-state index in [0.29, 0.717) is 0 Å². The first-order chi connectivity index (χ1) is 13.9. The van der Waals surface area contributed by atoms with Gasteiger partial charge in [0, 0.05) is 28.8 Å². The van der Waals surface area contributed by atoms with Crippen LogP contribution in [0.3, 0.4) is 0 Å². The topological polar surface area (TPSA) is 106 Å². The van der Waals surface area contributed by atoms with Crippen LogP contribution in [0.5, 0.6) is 0 Å². The van der Waals surface area contributed by atoms with E-state index in [2.05, 4.69) is 5.32 Å². The van der Waals surface area contributed by atoms with E-state index in [-0.39, 0.29) is 28.1 Å². The third-order valence-corrected chi connectivity index (χ3v) is 4.07. The summed E-state index contributed by atoms with van der Waals surface area (Å²) in [6.07, 6.45) is 0. The number of Topliss-reactive ketones (excluding diaryl/α,β-unsaturated/α-hetero) is 2. The number of nitrogens with zero attached hydrogens (tertiary/aromatic N) is 1. The molecule has 29 heavy (non-hydrogen) atoms. The molecule has 0 bridgehead atoms. The van der Waals surface area contributed by atoms with Crippen molar-refractivity contribution in [3.8, 4) is 0 Å². The zero-order valence-electron chi connectivity index (χ0n) is 14.8. The number of non-ortho nitro benzene ring substituents is 1. The van der Waals surface area contributed by atoms with E-state index in [1.54, 1.807) is 6.07 Å². The Labute approximate surface area is 163 Å². The van der Waals surface area contributed by atoms with Crippen LogP contribution in [0.1, 0.15) is 31.1 Å².